The predicted octanol–water partition coefficient (Wildman–Crippen LogP) is 6.04. The molecule has 3 heteroatoms. The number of nitrogens with two attached hydrogens (primary N) is 1. The molecule has 0 aliphatic heterocycles. The van der Waals surface area contributed by atoms with E-state index in [-0.39, 0.29) is 6.10 Å². The van der Waals surface area contributed by atoms with E-state index in [9.17, 15) is 0 Å². The Morgan fingerprint density at radius 2 is 1.54 bits per heavy atom. The first kappa shape index (κ1) is 16.4. The average molecular weight is 338 g/mol. The lowest BCUT2D eigenvalue weighted by Gasteiger charge is -2.16. The van der Waals surface area contributed by atoms with Crippen molar-refractivity contribution in [2.45, 2.75) is 20.0 Å². The van der Waals surface area contributed by atoms with Crippen LogP contribution in [0.5, 0.6) is 5.75 Å². The summed E-state index contributed by atoms with van der Waals surface area (Å²) < 4.78 is 5.94. The summed E-state index contributed by atoms with van der Waals surface area (Å²) in [5.41, 5.74) is 10.8. The van der Waals surface area contributed by atoms with Gasteiger partial charge >= 0.3 is 0 Å². The van der Waals surface area contributed by atoms with Gasteiger partial charge < -0.3 is 10.5 Å². The fourth-order valence-corrected chi connectivity index (χ4v) is 2.91. The molecule has 0 unspecified atom stereocenters. The van der Waals surface area contributed by atoms with E-state index in [1.165, 1.54) is 0 Å². The highest BCUT2D eigenvalue weighted by Crippen LogP contribution is 2.36. The van der Waals surface area contributed by atoms with Crippen molar-refractivity contribution < 1.29 is 4.74 Å². The number of nitrogen functional groups attached to an aromatic ring is 1. The summed E-state index contributed by atoms with van der Waals surface area (Å²) in [7, 11) is 0. The van der Waals surface area contributed by atoms with Crippen molar-refractivity contribution >= 4 is 17.3 Å². The van der Waals surface area contributed by atoms with Crippen LogP contribution in [0.3, 0.4) is 0 Å². The molecule has 0 aliphatic carbocycles. The van der Waals surface area contributed by atoms with Crippen molar-refractivity contribution in [2.24, 2.45) is 0 Å². The van der Waals surface area contributed by atoms with Gasteiger partial charge in [0.2, 0.25) is 0 Å². The third-order valence-corrected chi connectivity index (χ3v) is 3.90. The molecule has 0 aromatic heterocycles. The summed E-state index contributed by atoms with van der Waals surface area (Å²) in [6.07, 6.45) is 0.0835. The second kappa shape index (κ2) is 6.98. The normalized spacial score (nSPS) is 10.8. The monoisotopic (exact) mass is 337 g/mol. The van der Waals surface area contributed by atoms with E-state index >= 15 is 0 Å². The molecule has 2 nitrogen and oxygen atoms in total. The van der Waals surface area contributed by atoms with Crippen LogP contribution in [-0.2, 0) is 0 Å². The molecule has 0 saturated heterocycles. The molecule has 122 valence electrons. The highest BCUT2D eigenvalue weighted by molar-refractivity contribution is 6.31. The van der Waals surface area contributed by atoms with Gasteiger partial charge in [-0.1, -0.05) is 41.9 Å². The molecule has 0 amide bonds. The summed E-state index contributed by atoms with van der Waals surface area (Å²) in [6, 6.07) is 21.9. The Bertz CT molecular complexity index is 844. The van der Waals surface area contributed by atoms with Crippen LogP contribution in [0.4, 0.5) is 5.69 Å². The fourth-order valence-electron chi connectivity index (χ4n) is 2.67. The Kier molecular flexibility index (Phi) is 4.77. The maximum Gasteiger partial charge on any atom is 0.127 e. The second-order valence-corrected chi connectivity index (χ2v) is 6.45. The van der Waals surface area contributed by atoms with E-state index in [1.807, 2.05) is 62.4 Å². The Hall–Kier alpha value is -2.45. The van der Waals surface area contributed by atoms with E-state index in [4.69, 9.17) is 22.1 Å². The Morgan fingerprint density at radius 3 is 2.25 bits per heavy atom. The van der Waals surface area contributed by atoms with E-state index in [0.717, 1.165) is 28.0 Å². The van der Waals surface area contributed by atoms with Gasteiger partial charge in [0.15, 0.2) is 0 Å². The van der Waals surface area contributed by atoms with Gasteiger partial charge in [-0.05, 0) is 66.9 Å². The lowest BCUT2D eigenvalue weighted by molar-refractivity contribution is 0.243. The number of rotatable bonds is 4. The van der Waals surface area contributed by atoms with Crippen LogP contribution in [0.25, 0.3) is 22.3 Å². The number of halogens is 1. The van der Waals surface area contributed by atoms with Crippen molar-refractivity contribution in [3.8, 4) is 28.0 Å². The van der Waals surface area contributed by atoms with Crippen LogP contribution in [0.15, 0.2) is 66.7 Å². The molecule has 3 rings (SSSR count). The van der Waals surface area contributed by atoms with Gasteiger partial charge in [0.05, 0.1) is 6.10 Å². The summed E-state index contributed by atoms with van der Waals surface area (Å²) in [5, 5.41) is 0.685. The van der Waals surface area contributed by atoms with Crippen molar-refractivity contribution in [1.29, 1.82) is 0 Å². The predicted molar refractivity (Wildman–Crippen MR) is 103 cm³/mol. The van der Waals surface area contributed by atoms with Crippen LogP contribution in [-0.4, -0.2) is 6.10 Å². The minimum Gasteiger partial charge on any atom is -0.490 e. The first-order valence-corrected chi connectivity index (χ1v) is 8.33. The van der Waals surface area contributed by atoms with Crippen molar-refractivity contribution in [2.75, 3.05) is 5.73 Å². The van der Waals surface area contributed by atoms with Crippen LogP contribution in [0.1, 0.15) is 13.8 Å². The molecule has 0 fully saturated rings. The van der Waals surface area contributed by atoms with E-state index in [0.29, 0.717) is 10.7 Å². The Morgan fingerprint density at radius 1 is 0.833 bits per heavy atom. The molecular formula is C21H20ClNO. The van der Waals surface area contributed by atoms with Crippen LogP contribution >= 0.6 is 11.6 Å². The number of hydrogen-bond acceptors (Lipinski definition) is 2. The van der Waals surface area contributed by atoms with Crippen molar-refractivity contribution in [3.63, 3.8) is 0 Å². The molecule has 0 heterocycles. The molecule has 0 saturated carbocycles. The van der Waals surface area contributed by atoms with E-state index in [2.05, 4.69) is 18.2 Å². The Labute approximate surface area is 147 Å². The maximum absolute atomic E-state index is 6.38. The van der Waals surface area contributed by atoms with Crippen molar-refractivity contribution in [1.82, 2.24) is 0 Å². The van der Waals surface area contributed by atoms with Gasteiger partial charge in [0.1, 0.15) is 5.75 Å². The SMILES string of the molecule is CC(C)Oc1ccc(N)cc1-c1cc(Cl)cc(-c2ccccc2)c1. The molecule has 0 aliphatic rings. The topological polar surface area (TPSA) is 35.2 Å². The molecule has 3 aromatic rings. The van der Waals surface area contributed by atoms with Gasteiger partial charge in [0.25, 0.3) is 0 Å². The van der Waals surface area contributed by atoms with Crippen molar-refractivity contribution in [3.05, 3.63) is 71.8 Å². The van der Waals surface area contributed by atoms with E-state index in [1.54, 1.807) is 0 Å². The third-order valence-electron chi connectivity index (χ3n) is 3.68. The zero-order valence-electron chi connectivity index (χ0n) is 13.8. The van der Waals surface area contributed by atoms with Crippen LogP contribution in [0, 0.1) is 0 Å². The van der Waals surface area contributed by atoms with Crippen LogP contribution < -0.4 is 10.5 Å². The molecule has 0 atom stereocenters. The molecule has 0 radical (unpaired) electrons. The highest BCUT2D eigenvalue weighted by Gasteiger charge is 2.11. The fraction of sp³-hybridized carbons (Fsp3) is 0.143. The molecule has 2 N–H and O–H groups in total. The number of anilines is 1. The molecule has 0 spiro atoms. The minimum atomic E-state index is 0.0835. The zero-order valence-corrected chi connectivity index (χ0v) is 14.5. The lowest BCUT2D eigenvalue weighted by Crippen LogP contribution is -2.06. The van der Waals surface area contributed by atoms with Gasteiger partial charge in [-0.3, -0.25) is 0 Å². The van der Waals surface area contributed by atoms with Crippen LogP contribution in [0.2, 0.25) is 5.02 Å². The summed E-state index contributed by atoms with van der Waals surface area (Å²) in [5.74, 6) is 0.806. The second-order valence-electron chi connectivity index (χ2n) is 6.02. The third kappa shape index (κ3) is 3.72. The summed E-state index contributed by atoms with van der Waals surface area (Å²) >= 11 is 6.38. The standard InChI is InChI=1S/C21H20ClNO/c1-14(2)24-21-9-8-19(23)13-20(21)17-10-16(11-18(22)12-17)15-6-4-3-5-7-15/h3-14H,23H2,1-2H3. The van der Waals surface area contributed by atoms with Gasteiger partial charge in [0, 0.05) is 16.3 Å². The van der Waals surface area contributed by atoms with E-state index < -0.39 is 0 Å². The molecule has 0 bridgehead atoms. The summed E-state index contributed by atoms with van der Waals surface area (Å²) in [4.78, 5) is 0. The van der Waals surface area contributed by atoms with Gasteiger partial charge in [-0.25, -0.2) is 0 Å². The smallest absolute Gasteiger partial charge is 0.127 e. The molecular weight excluding hydrogens is 318 g/mol. The number of benzene rings is 3. The quantitative estimate of drug-likeness (QED) is 0.589. The molecule has 3 aromatic carbocycles. The van der Waals surface area contributed by atoms with Gasteiger partial charge in [-0.2, -0.15) is 0 Å². The largest absolute Gasteiger partial charge is 0.490 e. The first-order chi connectivity index (χ1) is 11.5. The van der Waals surface area contributed by atoms with Gasteiger partial charge in [-0.15, -0.1) is 0 Å². The summed E-state index contributed by atoms with van der Waals surface area (Å²) in [6.45, 7) is 4.01. The average Bonchev–Trinajstić information content (AvgIpc) is 2.56. The number of ether oxygens (including phenoxy) is 1. The maximum atomic E-state index is 6.38. The molecule has 24 heavy (non-hydrogen) atoms. The lowest BCUT2D eigenvalue weighted by atomic mass is 9.98. The Balaban J connectivity index is 2.13. The number of hydrogen-bond donors (Lipinski definition) is 1. The first-order valence-electron chi connectivity index (χ1n) is 7.95. The highest BCUT2D eigenvalue weighted by atomic mass is 35.5. The minimum absolute atomic E-state index is 0.0835. The zero-order chi connectivity index (χ0) is 17.1.